The summed E-state index contributed by atoms with van der Waals surface area (Å²) in [4.78, 5) is 11.4. The first-order valence-electron chi connectivity index (χ1n) is 6.35. The second-order valence-electron chi connectivity index (χ2n) is 4.90. The van der Waals surface area contributed by atoms with Crippen LogP contribution < -0.4 is 0 Å². The average Bonchev–Trinajstić information content (AvgIpc) is 2.38. The molecule has 7 heteroatoms. The number of piperidine rings is 1. The Morgan fingerprint density at radius 2 is 2.10 bits per heavy atom. The predicted octanol–water partition coefficient (Wildman–Crippen LogP) is 2.39. The van der Waals surface area contributed by atoms with Gasteiger partial charge in [0.15, 0.2) is 0 Å². The Kier molecular flexibility index (Phi) is 4.51. The number of aliphatic carboxylic acids is 1. The first-order chi connectivity index (χ1) is 9.34. The normalized spacial score (nSPS) is 20.8. The number of hydrogen-bond donors (Lipinski definition) is 1. The van der Waals surface area contributed by atoms with Crippen molar-refractivity contribution < 1.29 is 18.3 Å². The lowest BCUT2D eigenvalue weighted by atomic mass is 10.1. The number of sulfonamides is 1. The maximum absolute atomic E-state index is 12.7. The molecule has 1 aliphatic rings. The third-order valence-corrected chi connectivity index (χ3v) is 6.30. The van der Waals surface area contributed by atoms with Gasteiger partial charge in [0.1, 0.15) is 6.04 Å². The predicted molar refractivity (Wildman–Crippen MR) is 78.0 cm³/mol. The highest BCUT2D eigenvalue weighted by atomic mass is 79.9. The Hall–Kier alpha value is -0.920. The van der Waals surface area contributed by atoms with Crippen LogP contribution in [0.5, 0.6) is 0 Å². The highest BCUT2D eigenvalue weighted by Gasteiger charge is 2.38. The van der Waals surface area contributed by atoms with Crippen LogP contribution in [0.3, 0.4) is 0 Å². The van der Waals surface area contributed by atoms with Gasteiger partial charge in [-0.05, 0) is 59.8 Å². The van der Waals surface area contributed by atoms with Crippen molar-refractivity contribution in [1.82, 2.24) is 4.31 Å². The van der Waals surface area contributed by atoms with Crippen LogP contribution >= 0.6 is 15.9 Å². The van der Waals surface area contributed by atoms with E-state index in [0.29, 0.717) is 17.3 Å². The number of nitrogens with zero attached hydrogens (tertiary/aromatic N) is 1. The molecule has 1 heterocycles. The van der Waals surface area contributed by atoms with Crippen LogP contribution in [0, 0.1) is 6.92 Å². The monoisotopic (exact) mass is 361 g/mol. The maximum atomic E-state index is 12.7. The van der Waals surface area contributed by atoms with Crippen molar-refractivity contribution in [3.63, 3.8) is 0 Å². The van der Waals surface area contributed by atoms with Crippen molar-refractivity contribution in [1.29, 1.82) is 0 Å². The number of carbonyl (C=O) groups is 1. The van der Waals surface area contributed by atoms with Crippen LogP contribution in [-0.4, -0.2) is 36.4 Å². The van der Waals surface area contributed by atoms with Gasteiger partial charge in [0.05, 0.1) is 4.90 Å². The summed E-state index contributed by atoms with van der Waals surface area (Å²) in [6.45, 7) is 2.11. The summed E-state index contributed by atoms with van der Waals surface area (Å²) in [5.41, 5.74) is 0.934. The van der Waals surface area contributed by atoms with E-state index < -0.39 is 22.0 Å². The van der Waals surface area contributed by atoms with Gasteiger partial charge in [-0.25, -0.2) is 8.42 Å². The summed E-state index contributed by atoms with van der Waals surface area (Å²) in [7, 11) is -3.80. The summed E-state index contributed by atoms with van der Waals surface area (Å²) in [6.07, 6.45) is 1.78. The molecule has 20 heavy (non-hydrogen) atoms. The van der Waals surface area contributed by atoms with Crippen LogP contribution in [0.1, 0.15) is 24.8 Å². The maximum Gasteiger partial charge on any atom is 0.322 e. The molecule has 0 aliphatic carbocycles. The van der Waals surface area contributed by atoms with Gasteiger partial charge in [-0.2, -0.15) is 4.31 Å². The van der Waals surface area contributed by atoms with Crippen LogP contribution in [0.15, 0.2) is 27.6 Å². The molecule has 1 aromatic carbocycles. The van der Waals surface area contributed by atoms with Gasteiger partial charge in [0.2, 0.25) is 10.0 Å². The van der Waals surface area contributed by atoms with Crippen LogP contribution in [0.25, 0.3) is 0 Å². The zero-order valence-electron chi connectivity index (χ0n) is 11.0. The SMILES string of the molecule is Cc1ccc(S(=O)(=O)N2CCCC[C@@H]2C(=O)O)c(Br)c1. The lowest BCUT2D eigenvalue weighted by Gasteiger charge is -2.32. The minimum absolute atomic E-state index is 0.122. The molecular formula is C13H16BrNO4S. The van der Waals surface area contributed by atoms with E-state index in [-0.39, 0.29) is 11.4 Å². The molecule has 1 saturated heterocycles. The second kappa shape index (κ2) is 5.83. The summed E-state index contributed by atoms with van der Waals surface area (Å²) in [5, 5.41) is 9.21. The second-order valence-corrected chi connectivity index (χ2v) is 7.61. The lowest BCUT2D eigenvalue weighted by Crippen LogP contribution is -2.47. The van der Waals surface area contributed by atoms with E-state index >= 15 is 0 Å². The van der Waals surface area contributed by atoms with E-state index in [1.54, 1.807) is 12.1 Å². The van der Waals surface area contributed by atoms with Gasteiger partial charge in [0.25, 0.3) is 0 Å². The molecule has 0 radical (unpaired) electrons. The lowest BCUT2D eigenvalue weighted by molar-refractivity contribution is -0.142. The van der Waals surface area contributed by atoms with E-state index in [1.165, 1.54) is 6.07 Å². The number of rotatable bonds is 3. The third-order valence-electron chi connectivity index (χ3n) is 3.41. The van der Waals surface area contributed by atoms with E-state index in [0.717, 1.165) is 16.3 Å². The fourth-order valence-corrected chi connectivity index (χ4v) is 5.19. The molecule has 0 unspecified atom stereocenters. The molecule has 0 spiro atoms. The molecule has 0 amide bonds. The average molecular weight is 362 g/mol. The van der Waals surface area contributed by atoms with Crippen LogP contribution in [0.4, 0.5) is 0 Å². The molecule has 0 aromatic heterocycles. The quantitative estimate of drug-likeness (QED) is 0.896. The van der Waals surface area contributed by atoms with Gasteiger partial charge < -0.3 is 5.11 Å². The van der Waals surface area contributed by atoms with Crippen molar-refractivity contribution >= 4 is 31.9 Å². The first-order valence-corrected chi connectivity index (χ1v) is 8.58. The molecule has 0 saturated carbocycles. The summed E-state index contributed by atoms with van der Waals surface area (Å²) in [6, 6.07) is 3.97. The Morgan fingerprint density at radius 3 is 2.70 bits per heavy atom. The standard InChI is InChI=1S/C13H16BrNO4S/c1-9-5-6-12(10(14)8-9)20(18,19)15-7-3-2-4-11(15)13(16)17/h5-6,8,11H,2-4,7H2,1H3,(H,16,17)/t11-/m1/s1. The fourth-order valence-electron chi connectivity index (χ4n) is 2.38. The molecule has 2 rings (SSSR count). The molecule has 1 aliphatic heterocycles. The molecule has 1 aromatic rings. The molecule has 0 bridgehead atoms. The van der Waals surface area contributed by atoms with Crippen molar-refractivity contribution in [2.24, 2.45) is 0 Å². The molecule has 110 valence electrons. The van der Waals surface area contributed by atoms with Crippen molar-refractivity contribution in [3.8, 4) is 0 Å². The van der Waals surface area contributed by atoms with Crippen molar-refractivity contribution in [2.45, 2.75) is 37.1 Å². The molecule has 5 nitrogen and oxygen atoms in total. The van der Waals surface area contributed by atoms with Gasteiger partial charge in [-0.1, -0.05) is 6.07 Å². The van der Waals surface area contributed by atoms with Crippen LogP contribution in [-0.2, 0) is 14.8 Å². The van der Waals surface area contributed by atoms with E-state index in [9.17, 15) is 18.3 Å². The Labute approximate surface area is 126 Å². The Morgan fingerprint density at radius 1 is 1.40 bits per heavy atom. The Balaban J connectivity index is 2.45. The summed E-state index contributed by atoms with van der Waals surface area (Å²) in [5.74, 6) is -1.09. The fraction of sp³-hybridized carbons (Fsp3) is 0.462. The van der Waals surface area contributed by atoms with E-state index in [1.807, 2.05) is 6.92 Å². The molecular weight excluding hydrogens is 346 g/mol. The van der Waals surface area contributed by atoms with Gasteiger partial charge in [-0.15, -0.1) is 0 Å². The largest absolute Gasteiger partial charge is 0.480 e. The highest BCUT2D eigenvalue weighted by molar-refractivity contribution is 9.10. The first kappa shape index (κ1) is 15.5. The molecule has 1 atom stereocenters. The number of carboxylic acid groups (broad SMARTS) is 1. The van der Waals surface area contributed by atoms with E-state index in [2.05, 4.69) is 15.9 Å². The minimum atomic E-state index is -3.80. The Bertz CT molecular complexity index is 629. The number of carboxylic acids is 1. The number of benzene rings is 1. The zero-order chi connectivity index (χ0) is 14.9. The van der Waals surface area contributed by atoms with Gasteiger partial charge in [0, 0.05) is 11.0 Å². The molecule has 1 N–H and O–H groups in total. The zero-order valence-corrected chi connectivity index (χ0v) is 13.4. The summed E-state index contributed by atoms with van der Waals surface area (Å²) < 4.78 is 26.9. The smallest absolute Gasteiger partial charge is 0.322 e. The molecule has 1 fully saturated rings. The minimum Gasteiger partial charge on any atom is -0.480 e. The number of hydrogen-bond acceptors (Lipinski definition) is 3. The van der Waals surface area contributed by atoms with Crippen molar-refractivity contribution in [3.05, 3.63) is 28.2 Å². The number of halogens is 1. The van der Waals surface area contributed by atoms with Crippen molar-refractivity contribution in [2.75, 3.05) is 6.54 Å². The van der Waals surface area contributed by atoms with Gasteiger partial charge >= 0.3 is 5.97 Å². The van der Waals surface area contributed by atoms with Gasteiger partial charge in [-0.3, -0.25) is 4.79 Å². The number of aryl methyl sites for hydroxylation is 1. The highest BCUT2D eigenvalue weighted by Crippen LogP contribution is 2.30. The van der Waals surface area contributed by atoms with E-state index in [4.69, 9.17) is 0 Å². The topological polar surface area (TPSA) is 74.7 Å². The third kappa shape index (κ3) is 2.89. The van der Waals surface area contributed by atoms with Crippen LogP contribution in [0.2, 0.25) is 0 Å². The summed E-state index contributed by atoms with van der Waals surface area (Å²) >= 11 is 3.25.